The van der Waals surface area contributed by atoms with Crippen LogP contribution in [0.15, 0.2) is 0 Å². The van der Waals surface area contributed by atoms with E-state index in [2.05, 4.69) is 0 Å². The quantitative estimate of drug-likeness (QED) is 0.441. The third-order valence-electron chi connectivity index (χ3n) is 2.36. The molecule has 0 aliphatic carbocycles. The van der Waals surface area contributed by atoms with Gasteiger partial charge in [-0.2, -0.15) is 0 Å². The zero-order valence-corrected chi connectivity index (χ0v) is 6.66. The number of aliphatic hydroxyl groups is 2. The SMILES string of the molecule is O=C(O)C1OC2C(O)COC2C1O. The molecule has 2 heterocycles. The zero-order chi connectivity index (χ0) is 9.59. The Morgan fingerprint density at radius 1 is 1.31 bits per heavy atom. The fourth-order valence-electron chi connectivity index (χ4n) is 1.71. The zero-order valence-electron chi connectivity index (χ0n) is 6.66. The second-order valence-electron chi connectivity index (χ2n) is 3.22. The highest BCUT2D eigenvalue weighted by molar-refractivity contribution is 5.73. The monoisotopic (exact) mass is 190 g/mol. The minimum Gasteiger partial charge on any atom is -0.479 e. The molecule has 0 aromatic heterocycles. The lowest BCUT2D eigenvalue weighted by Crippen LogP contribution is -2.36. The first-order chi connectivity index (χ1) is 6.11. The molecular weight excluding hydrogens is 180 g/mol. The summed E-state index contributed by atoms with van der Waals surface area (Å²) in [5, 5.41) is 27.3. The Hall–Kier alpha value is -0.690. The number of aliphatic hydroxyl groups excluding tert-OH is 2. The number of aliphatic carboxylic acids is 1. The van der Waals surface area contributed by atoms with E-state index in [-0.39, 0.29) is 6.61 Å². The van der Waals surface area contributed by atoms with Gasteiger partial charge in [-0.3, -0.25) is 0 Å². The van der Waals surface area contributed by atoms with Crippen LogP contribution in [-0.2, 0) is 14.3 Å². The first kappa shape index (κ1) is 8.89. The summed E-state index contributed by atoms with van der Waals surface area (Å²) in [5.74, 6) is -1.24. The van der Waals surface area contributed by atoms with Crippen LogP contribution < -0.4 is 0 Å². The average molecular weight is 190 g/mol. The molecule has 2 saturated heterocycles. The molecular formula is C7H10O6. The Kier molecular flexibility index (Phi) is 1.99. The van der Waals surface area contributed by atoms with Gasteiger partial charge in [-0.05, 0) is 0 Å². The maximum atomic E-state index is 10.5. The second-order valence-corrected chi connectivity index (χ2v) is 3.22. The summed E-state index contributed by atoms with van der Waals surface area (Å²) in [6.45, 7) is 0.0821. The van der Waals surface area contributed by atoms with E-state index in [4.69, 9.17) is 14.6 Å². The van der Waals surface area contributed by atoms with Gasteiger partial charge < -0.3 is 24.8 Å². The number of fused-ring (bicyclic) bond motifs is 1. The summed E-state index contributed by atoms with van der Waals surface area (Å²) < 4.78 is 9.94. The molecule has 2 aliphatic rings. The van der Waals surface area contributed by atoms with Gasteiger partial charge in [0.15, 0.2) is 6.10 Å². The summed E-state index contributed by atoms with van der Waals surface area (Å²) >= 11 is 0. The van der Waals surface area contributed by atoms with Gasteiger partial charge in [-0.1, -0.05) is 0 Å². The average Bonchev–Trinajstić information content (AvgIpc) is 2.55. The first-order valence-electron chi connectivity index (χ1n) is 3.97. The fraction of sp³-hybridized carbons (Fsp3) is 0.857. The van der Waals surface area contributed by atoms with Gasteiger partial charge in [0.2, 0.25) is 0 Å². The van der Waals surface area contributed by atoms with Crippen LogP contribution in [0.1, 0.15) is 0 Å². The number of carbonyl (C=O) groups is 1. The standard InChI is InChI=1S/C7H10O6/c8-2-1-12-5-3(9)6(7(10)11)13-4(2)5/h2-6,8-9H,1H2,(H,10,11). The summed E-state index contributed by atoms with van der Waals surface area (Å²) in [5.41, 5.74) is 0. The molecule has 0 spiro atoms. The molecule has 5 unspecified atom stereocenters. The number of rotatable bonds is 1. The van der Waals surface area contributed by atoms with Gasteiger partial charge in [0, 0.05) is 0 Å². The van der Waals surface area contributed by atoms with Gasteiger partial charge >= 0.3 is 5.97 Å². The van der Waals surface area contributed by atoms with E-state index in [9.17, 15) is 15.0 Å². The Morgan fingerprint density at radius 3 is 2.54 bits per heavy atom. The van der Waals surface area contributed by atoms with Crippen molar-refractivity contribution in [3.8, 4) is 0 Å². The molecule has 13 heavy (non-hydrogen) atoms. The minimum atomic E-state index is -1.29. The Bertz CT molecular complexity index is 229. The van der Waals surface area contributed by atoms with E-state index in [0.717, 1.165) is 0 Å². The number of hydrogen-bond donors (Lipinski definition) is 3. The molecule has 0 saturated carbocycles. The predicted octanol–water partition coefficient (Wildman–Crippen LogP) is -2.04. The van der Waals surface area contributed by atoms with Crippen LogP contribution in [0, 0.1) is 0 Å². The van der Waals surface area contributed by atoms with Crippen molar-refractivity contribution in [3.05, 3.63) is 0 Å². The van der Waals surface area contributed by atoms with Gasteiger partial charge in [-0.15, -0.1) is 0 Å². The van der Waals surface area contributed by atoms with Gasteiger partial charge in [-0.25, -0.2) is 4.79 Å². The van der Waals surface area contributed by atoms with Crippen molar-refractivity contribution in [1.82, 2.24) is 0 Å². The summed E-state index contributed by atoms with van der Waals surface area (Å²) in [7, 11) is 0. The predicted molar refractivity (Wildman–Crippen MR) is 38.1 cm³/mol. The molecule has 0 aromatic carbocycles. The number of hydrogen-bond acceptors (Lipinski definition) is 5. The molecule has 6 nitrogen and oxygen atoms in total. The molecule has 5 atom stereocenters. The van der Waals surface area contributed by atoms with Crippen LogP contribution in [0.2, 0.25) is 0 Å². The molecule has 0 radical (unpaired) electrons. The molecule has 3 N–H and O–H groups in total. The van der Waals surface area contributed by atoms with E-state index in [1.165, 1.54) is 0 Å². The van der Waals surface area contributed by atoms with Crippen molar-refractivity contribution < 1.29 is 29.6 Å². The Morgan fingerprint density at radius 2 is 2.00 bits per heavy atom. The van der Waals surface area contributed by atoms with E-state index >= 15 is 0 Å². The highest BCUT2D eigenvalue weighted by Gasteiger charge is 2.54. The fourth-order valence-corrected chi connectivity index (χ4v) is 1.71. The highest BCUT2D eigenvalue weighted by atomic mass is 16.6. The number of ether oxygens (including phenoxy) is 2. The topological polar surface area (TPSA) is 96.2 Å². The number of carboxylic acid groups (broad SMARTS) is 1. The van der Waals surface area contributed by atoms with Crippen LogP contribution in [0.25, 0.3) is 0 Å². The number of carboxylic acids is 1. The molecule has 74 valence electrons. The maximum Gasteiger partial charge on any atom is 0.335 e. The third kappa shape index (κ3) is 1.22. The lowest BCUT2D eigenvalue weighted by molar-refractivity contribution is -0.156. The van der Waals surface area contributed by atoms with E-state index in [0.29, 0.717) is 0 Å². The van der Waals surface area contributed by atoms with Crippen molar-refractivity contribution >= 4 is 5.97 Å². The van der Waals surface area contributed by atoms with Crippen molar-refractivity contribution in [2.75, 3.05) is 6.61 Å². The van der Waals surface area contributed by atoms with E-state index in [1.54, 1.807) is 0 Å². The molecule has 2 rings (SSSR count). The second kappa shape index (κ2) is 2.91. The van der Waals surface area contributed by atoms with Gasteiger partial charge in [0.1, 0.15) is 24.4 Å². The van der Waals surface area contributed by atoms with Crippen molar-refractivity contribution in [1.29, 1.82) is 0 Å². The molecule has 2 aliphatic heterocycles. The highest BCUT2D eigenvalue weighted by Crippen LogP contribution is 2.31. The molecule has 2 fully saturated rings. The summed E-state index contributed by atoms with van der Waals surface area (Å²) in [6, 6.07) is 0. The van der Waals surface area contributed by atoms with E-state index < -0.39 is 36.5 Å². The Balaban J connectivity index is 2.13. The smallest absolute Gasteiger partial charge is 0.335 e. The summed E-state index contributed by atoms with van der Waals surface area (Å²) in [6.07, 6.45) is -4.75. The Labute approximate surface area is 73.7 Å². The van der Waals surface area contributed by atoms with Gasteiger partial charge in [0.05, 0.1) is 6.61 Å². The van der Waals surface area contributed by atoms with E-state index in [1.807, 2.05) is 0 Å². The van der Waals surface area contributed by atoms with Crippen LogP contribution in [0.5, 0.6) is 0 Å². The molecule has 0 bridgehead atoms. The minimum absolute atomic E-state index is 0.0821. The van der Waals surface area contributed by atoms with Gasteiger partial charge in [0.25, 0.3) is 0 Å². The lowest BCUT2D eigenvalue weighted by atomic mass is 10.1. The molecule has 6 heteroatoms. The van der Waals surface area contributed by atoms with Crippen LogP contribution in [0.3, 0.4) is 0 Å². The normalized spacial score (nSPS) is 49.2. The molecule has 0 amide bonds. The van der Waals surface area contributed by atoms with Crippen LogP contribution >= 0.6 is 0 Å². The first-order valence-corrected chi connectivity index (χ1v) is 3.97. The summed E-state index contributed by atoms with van der Waals surface area (Å²) in [4.78, 5) is 10.5. The molecule has 0 aromatic rings. The lowest BCUT2D eigenvalue weighted by Gasteiger charge is -2.12. The van der Waals surface area contributed by atoms with Crippen molar-refractivity contribution in [3.63, 3.8) is 0 Å². The van der Waals surface area contributed by atoms with Crippen molar-refractivity contribution in [2.45, 2.75) is 30.5 Å². The maximum absolute atomic E-state index is 10.5. The van der Waals surface area contributed by atoms with Crippen molar-refractivity contribution in [2.24, 2.45) is 0 Å². The van der Waals surface area contributed by atoms with Crippen LogP contribution in [-0.4, -0.2) is 58.4 Å². The largest absolute Gasteiger partial charge is 0.479 e. The third-order valence-corrected chi connectivity index (χ3v) is 2.36. The van der Waals surface area contributed by atoms with Crippen LogP contribution in [0.4, 0.5) is 0 Å².